The van der Waals surface area contributed by atoms with E-state index in [0.29, 0.717) is 4.31 Å². The van der Waals surface area contributed by atoms with Crippen LogP contribution in [0.1, 0.15) is 0 Å². The molecule has 0 atom stereocenters. The van der Waals surface area contributed by atoms with Crippen molar-refractivity contribution in [2.24, 2.45) is 0 Å². The summed E-state index contributed by atoms with van der Waals surface area (Å²) in [7, 11) is -2.00. The lowest BCUT2D eigenvalue weighted by Crippen LogP contribution is -2.40. The monoisotopic (exact) mass is 317 g/mol. The topological polar surface area (TPSA) is 129 Å². The predicted molar refractivity (Wildman–Crippen MR) is 71.4 cm³/mol. The number of nitrogens with two attached hydrogens (primary N) is 1. The molecule has 0 radical (unpaired) electrons. The summed E-state index contributed by atoms with van der Waals surface area (Å²) in [6.45, 7) is -1.30. The Balaban J connectivity index is 3.19. The Hall–Kier alpha value is -2.20. The number of methoxy groups -OCH3 is 2. The number of hydrogen-bond acceptors (Lipinski definition) is 8. The van der Waals surface area contributed by atoms with Crippen LogP contribution in [0.5, 0.6) is 0 Å². The zero-order valence-electron chi connectivity index (χ0n) is 11.5. The smallest absolute Gasteiger partial charge is 0.321 e. The maximum atomic E-state index is 12.4. The second-order valence-electron chi connectivity index (χ2n) is 3.81. The number of anilines is 1. The van der Waals surface area contributed by atoms with Gasteiger partial charge in [0.05, 0.1) is 14.2 Å². The van der Waals surface area contributed by atoms with Crippen LogP contribution < -0.4 is 5.73 Å². The fraction of sp³-hybridized carbons (Fsp3) is 0.364. The largest absolute Gasteiger partial charge is 0.468 e. The molecule has 9 nitrogen and oxygen atoms in total. The lowest BCUT2D eigenvalue weighted by Gasteiger charge is -2.20. The highest BCUT2D eigenvalue weighted by molar-refractivity contribution is 7.89. The Morgan fingerprint density at radius 1 is 1.24 bits per heavy atom. The molecule has 0 bridgehead atoms. The number of ether oxygens (including phenoxy) is 2. The molecule has 0 aliphatic rings. The highest BCUT2D eigenvalue weighted by Crippen LogP contribution is 2.20. The molecule has 0 saturated heterocycles. The lowest BCUT2D eigenvalue weighted by atomic mass is 10.5. The van der Waals surface area contributed by atoms with E-state index in [1.54, 1.807) is 0 Å². The Kier molecular flexibility index (Phi) is 5.61. The van der Waals surface area contributed by atoms with Gasteiger partial charge in [-0.05, 0) is 12.1 Å². The summed E-state index contributed by atoms with van der Waals surface area (Å²) in [5.41, 5.74) is 5.52. The van der Waals surface area contributed by atoms with Crippen LogP contribution in [0.15, 0.2) is 23.2 Å². The Morgan fingerprint density at radius 3 is 2.19 bits per heavy atom. The molecule has 2 N–H and O–H groups in total. The quantitative estimate of drug-likeness (QED) is 0.661. The van der Waals surface area contributed by atoms with Crippen LogP contribution in [0.4, 0.5) is 5.82 Å². The van der Waals surface area contributed by atoms with E-state index in [1.165, 1.54) is 18.3 Å². The molecule has 0 unspecified atom stereocenters. The van der Waals surface area contributed by atoms with Crippen LogP contribution in [0.25, 0.3) is 0 Å². The minimum atomic E-state index is -4.20. The summed E-state index contributed by atoms with van der Waals surface area (Å²) in [5.74, 6) is -1.90. The molecule has 1 aromatic heterocycles. The van der Waals surface area contributed by atoms with E-state index in [1.807, 2.05) is 0 Å². The number of nitrogens with zero attached hydrogens (tertiary/aromatic N) is 2. The number of esters is 2. The number of pyridine rings is 1. The summed E-state index contributed by atoms with van der Waals surface area (Å²) in [6.07, 6.45) is 1.32. The number of carbonyl (C=O) groups excluding carboxylic acids is 2. The molecular formula is C11H15N3O6S. The standard InChI is InChI=1S/C11H15N3O6S/c1-19-9(15)6-14(7-10(16)20-2)21(17,18)8-4-3-5-13-11(8)12/h3-5H,6-7H2,1-2H3,(H2,12,13). The van der Waals surface area contributed by atoms with E-state index < -0.39 is 35.1 Å². The van der Waals surface area contributed by atoms with Gasteiger partial charge < -0.3 is 15.2 Å². The number of carbonyl (C=O) groups is 2. The van der Waals surface area contributed by atoms with Crippen molar-refractivity contribution in [3.63, 3.8) is 0 Å². The molecule has 0 aromatic carbocycles. The molecular weight excluding hydrogens is 302 g/mol. The fourth-order valence-electron chi connectivity index (χ4n) is 1.40. The van der Waals surface area contributed by atoms with Gasteiger partial charge in [-0.3, -0.25) is 9.59 Å². The van der Waals surface area contributed by atoms with Gasteiger partial charge in [0.1, 0.15) is 23.8 Å². The Labute approximate surface area is 121 Å². The van der Waals surface area contributed by atoms with E-state index in [2.05, 4.69) is 14.5 Å². The number of nitrogen functional groups attached to an aromatic ring is 1. The molecule has 1 heterocycles. The number of rotatable bonds is 6. The second kappa shape index (κ2) is 6.99. The van der Waals surface area contributed by atoms with Crippen molar-refractivity contribution in [2.45, 2.75) is 4.90 Å². The summed E-state index contributed by atoms with van der Waals surface area (Å²) in [4.78, 5) is 26.0. The van der Waals surface area contributed by atoms with Gasteiger partial charge in [-0.1, -0.05) is 0 Å². The van der Waals surface area contributed by atoms with Crippen LogP contribution in [0.3, 0.4) is 0 Å². The minimum absolute atomic E-state index is 0.239. The summed E-state index contributed by atoms with van der Waals surface area (Å²) < 4.78 is 34.3. The normalized spacial score (nSPS) is 11.2. The number of hydrogen-bond donors (Lipinski definition) is 1. The Bertz CT molecular complexity index is 613. The van der Waals surface area contributed by atoms with Gasteiger partial charge in [-0.15, -0.1) is 0 Å². The van der Waals surface area contributed by atoms with Crippen LogP contribution in [0, 0.1) is 0 Å². The molecule has 0 aliphatic carbocycles. The first-order valence-electron chi connectivity index (χ1n) is 5.67. The molecule has 0 fully saturated rings. The van der Waals surface area contributed by atoms with Crippen molar-refractivity contribution < 1.29 is 27.5 Å². The van der Waals surface area contributed by atoms with Crippen molar-refractivity contribution in [3.8, 4) is 0 Å². The molecule has 0 aliphatic heterocycles. The third-order valence-electron chi connectivity index (χ3n) is 2.48. The van der Waals surface area contributed by atoms with E-state index in [0.717, 1.165) is 14.2 Å². The van der Waals surface area contributed by atoms with Crippen molar-refractivity contribution >= 4 is 27.8 Å². The summed E-state index contributed by atoms with van der Waals surface area (Å²) in [5, 5.41) is 0. The van der Waals surface area contributed by atoms with Crippen molar-refractivity contribution in [1.29, 1.82) is 0 Å². The second-order valence-corrected chi connectivity index (χ2v) is 5.72. The van der Waals surface area contributed by atoms with Crippen LogP contribution in [-0.2, 0) is 29.1 Å². The van der Waals surface area contributed by atoms with Crippen LogP contribution >= 0.6 is 0 Å². The first kappa shape index (κ1) is 16.9. The molecule has 1 rings (SSSR count). The number of sulfonamides is 1. The van der Waals surface area contributed by atoms with E-state index in [4.69, 9.17) is 5.73 Å². The van der Waals surface area contributed by atoms with E-state index in [9.17, 15) is 18.0 Å². The van der Waals surface area contributed by atoms with Gasteiger partial charge in [0, 0.05) is 6.20 Å². The maximum Gasteiger partial charge on any atom is 0.321 e. The molecule has 0 spiro atoms. The molecule has 1 aromatic rings. The van der Waals surface area contributed by atoms with Gasteiger partial charge >= 0.3 is 11.9 Å². The first-order chi connectivity index (χ1) is 9.82. The highest BCUT2D eigenvalue weighted by atomic mass is 32.2. The van der Waals surface area contributed by atoms with Gasteiger partial charge in [-0.25, -0.2) is 13.4 Å². The zero-order valence-corrected chi connectivity index (χ0v) is 12.3. The molecule has 0 saturated carbocycles. The van der Waals surface area contributed by atoms with E-state index >= 15 is 0 Å². The average molecular weight is 317 g/mol. The predicted octanol–water partition coefficient (Wildman–Crippen LogP) is -0.999. The summed E-state index contributed by atoms with van der Waals surface area (Å²) in [6, 6.07) is 2.59. The lowest BCUT2D eigenvalue weighted by molar-refractivity contribution is -0.143. The first-order valence-corrected chi connectivity index (χ1v) is 7.11. The van der Waals surface area contributed by atoms with E-state index in [-0.39, 0.29) is 10.7 Å². The molecule has 10 heteroatoms. The maximum absolute atomic E-state index is 12.4. The molecule has 21 heavy (non-hydrogen) atoms. The third kappa shape index (κ3) is 4.13. The SMILES string of the molecule is COC(=O)CN(CC(=O)OC)S(=O)(=O)c1cccnc1N. The van der Waals surface area contributed by atoms with Gasteiger partial charge in [0.2, 0.25) is 10.0 Å². The zero-order chi connectivity index (χ0) is 16.0. The molecule has 116 valence electrons. The highest BCUT2D eigenvalue weighted by Gasteiger charge is 2.31. The average Bonchev–Trinajstić information content (AvgIpc) is 2.46. The van der Waals surface area contributed by atoms with Gasteiger partial charge in [0.15, 0.2) is 0 Å². The minimum Gasteiger partial charge on any atom is -0.468 e. The molecule has 0 amide bonds. The van der Waals surface area contributed by atoms with Gasteiger partial charge in [0.25, 0.3) is 0 Å². The van der Waals surface area contributed by atoms with Gasteiger partial charge in [-0.2, -0.15) is 4.31 Å². The van der Waals surface area contributed by atoms with Crippen molar-refractivity contribution in [2.75, 3.05) is 33.0 Å². The number of aromatic nitrogens is 1. The van der Waals surface area contributed by atoms with Crippen molar-refractivity contribution in [3.05, 3.63) is 18.3 Å². The Morgan fingerprint density at radius 2 is 1.76 bits per heavy atom. The van der Waals surface area contributed by atoms with Crippen LogP contribution in [0.2, 0.25) is 0 Å². The third-order valence-corrected chi connectivity index (χ3v) is 4.32. The fourth-order valence-corrected chi connectivity index (χ4v) is 2.80. The van der Waals surface area contributed by atoms with Crippen LogP contribution in [-0.4, -0.2) is 57.0 Å². The summed E-state index contributed by atoms with van der Waals surface area (Å²) >= 11 is 0. The van der Waals surface area contributed by atoms with Crippen molar-refractivity contribution in [1.82, 2.24) is 9.29 Å².